The molecule has 0 radical (unpaired) electrons. The summed E-state index contributed by atoms with van der Waals surface area (Å²) in [5.41, 5.74) is 0. The van der Waals surface area contributed by atoms with Crippen LogP contribution >= 0.6 is 11.8 Å². The highest BCUT2D eigenvalue weighted by atomic mass is 32.2. The molecule has 2 N–H and O–H groups in total. The molecule has 5 heteroatoms. The van der Waals surface area contributed by atoms with Crippen LogP contribution in [0.3, 0.4) is 0 Å². The van der Waals surface area contributed by atoms with Crippen molar-refractivity contribution in [1.82, 2.24) is 10.6 Å². The standard InChI is InChI=1S/C15H25N3OS/c1-3-16-15(18-11-13-20-2)17-10-7-12-19-14-8-5-4-6-9-14/h4-6,8-9H,3,7,10-13H2,1-2H3,(H2,16,17,18). The molecule has 0 aliphatic rings. The van der Waals surface area contributed by atoms with Gasteiger partial charge in [0.2, 0.25) is 0 Å². The molecule has 0 aliphatic carbocycles. The van der Waals surface area contributed by atoms with E-state index in [1.165, 1.54) is 0 Å². The van der Waals surface area contributed by atoms with Crippen LogP contribution in [0, 0.1) is 0 Å². The van der Waals surface area contributed by atoms with Crippen molar-refractivity contribution in [3.63, 3.8) is 0 Å². The Morgan fingerprint density at radius 3 is 2.75 bits per heavy atom. The van der Waals surface area contributed by atoms with Crippen LogP contribution in [-0.4, -0.2) is 44.2 Å². The van der Waals surface area contributed by atoms with Gasteiger partial charge in [-0.2, -0.15) is 11.8 Å². The molecule has 4 nitrogen and oxygen atoms in total. The van der Waals surface area contributed by atoms with Gasteiger partial charge in [-0.1, -0.05) is 18.2 Å². The largest absolute Gasteiger partial charge is 0.494 e. The molecule has 0 fully saturated rings. The molecule has 1 aromatic rings. The van der Waals surface area contributed by atoms with Gasteiger partial charge in [0.25, 0.3) is 0 Å². The first-order chi connectivity index (χ1) is 9.86. The lowest BCUT2D eigenvalue weighted by molar-refractivity contribution is 0.313. The molecule has 0 saturated carbocycles. The molecule has 0 atom stereocenters. The summed E-state index contributed by atoms with van der Waals surface area (Å²) >= 11 is 1.83. The first-order valence-corrected chi connectivity index (χ1v) is 8.45. The fourth-order valence-corrected chi connectivity index (χ4v) is 1.88. The molecule has 0 aromatic heterocycles. The number of guanidine groups is 1. The van der Waals surface area contributed by atoms with E-state index >= 15 is 0 Å². The first kappa shape index (κ1) is 16.7. The zero-order valence-electron chi connectivity index (χ0n) is 12.4. The molecule has 0 saturated heterocycles. The molecule has 0 amide bonds. The molecule has 0 unspecified atom stereocenters. The Morgan fingerprint density at radius 2 is 2.05 bits per heavy atom. The monoisotopic (exact) mass is 295 g/mol. The van der Waals surface area contributed by atoms with Crippen LogP contribution in [0.15, 0.2) is 35.3 Å². The van der Waals surface area contributed by atoms with Gasteiger partial charge in [0.1, 0.15) is 5.75 Å². The SMILES string of the molecule is CCNC(=NCCCOc1ccccc1)NCCSC. The zero-order valence-corrected chi connectivity index (χ0v) is 13.2. The lowest BCUT2D eigenvalue weighted by atomic mass is 10.3. The van der Waals surface area contributed by atoms with E-state index in [1.807, 2.05) is 42.1 Å². The van der Waals surface area contributed by atoms with Crippen LogP contribution in [-0.2, 0) is 0 Å². The number of hydrogen-bond donors (Lipinski definition) is 2. The minimum absolute atomic E-state index is 0.692. The summed E-state index contributed by atoms with van der Waals surface area (Å²) < 4.78 is 5.63. The average Bonchev–Trinajstić information content (AvgIpc) is 2.48. The lowest BCUT2D eigenvalue weighted by Gasteiger charge is -2.10. The van der Waals surface area contributed by atoms with E-state index in [1.54, 1.807) is 0 Å². The zero-order chi connectivity index (χ0) is 14.5. The van der Waals surface area contributed by atoms with Crippen LogP contribution in [0.5, 0.6) is 5.75 Å². The van der Waals surface area contributed by atoms with Gasteiger partial charge < -0.3 is 15.4 Å². The molecule has 112 valence electrons. The number of nitrogens with one attached hydrogen (secondary N) is 2. The highest BCUT2D eigenvalue weighted by molar-refractivity contribution is 7.98. The number of nitrogens with zero attached hydrogens (tertiary/aromatic N) is 1. The maximum Gasteiger partial charge on any atom is 0.191 e. The van der Waals surface area contributed by atoms with Gasteiger partial charge in [-0.05, 0) is 25.3 Å². The van der Waals surface area contributed by atoms with Crippen molar-refractivity contribution in [1.29, 1.82) is 0 Å². The number of thioether (sulfide) groups is 1. The third-order valence-corrected chi connectivity index (χ3v) is 3.14. The van der Waals surface area contributed by atoms with Crippen LogP contribution in [0.25, 0.3) is 0 Å². The van der Waals surface area contributed by atoms with Crippen molar-refractivity contribution in [2.75, 3.05) is 38.2 Å². The Balaban J connectivity index is 2.19. The highest BCUT2D eigenvalue weighted by Crippen LogP contribution is 2.08. The minimum Gasteiger partial charge on any atom is -0.494 e. The quantitative estimate of drug-likeness (QED) is 0.417. The van der Waals surface area contributed by atoms with Crippen molar-refractivity contribution in [2.45, 2.75) is 13.3 Å². The van der Waals surface area contributed by atoms with Crippen LogP contribution in [0.4, 0.5) is 0 Å². The van der Waals surface area contributed by atoms with Gasteiger partial charge in [0.15, 0.2) is 5.96 Å². The predicted octanol–water partition coefficient (Wildman–Crippen LogP) is 2.37. The molecule has 1 rings (SSSR count). The molecule has 0 heterocycles. The van der Waals surface area contributed by atoms with E-state index in [4.69, 9.17) is 4.74 Å². The number of hydrogen-bond acceptors (Lipinski definition) is 3. The fourth-order valence-electron chi connectivity index (χ4n) is 1.58. The second-order valence-electron chi connectivity index (χ2n) is 4.20. The van der Waals surface area contributed by atoms with Crippen LogP contribution in [0.2, 0.25) is 0 Å². The smallest absolute Gasteiger partial charge is 0.191 e. The number of ether oxygens (including phenoxy) is 1. The molecular formula is C15H25N3OS. The number of para-hydroxylation sites is 1. The van der Waals surface area contributed by atoms with Gasteiger partial charge in [-0.25, -0.2) is 0 Å². The second-order valence-corrected chi connectivity index (χ2v) is 5.18. The van der Waals surface area contributed by atoms with Crippen molar-refractivity contribution >= 4 is 17.7 Å². The van der Waals surface area contributed by atoms with E-state index in [0.717, 1.165) is 43.5 Å². The third kappa shape index (κ3) is 7.94. The summed E-state index contributed by atoms with van der Waals surface area (Å²) in [7, 11) is 0. The fraction of sp³-hybridized carbons (Fsp3) is 0.533. The number of benzene rings is 1. The van der Waals surface area contributed by atoms with Gasteiger partial charge in [-0.15, -0.1) is 0 Å². The van der Waals surface area contributed by atoms with E-state index in [2.05, 4.69) is 28.8 Å². The van der Waals surface area contributed by atoms with E-state index in [-0.39, 0.29) is 0 Å². The summed E-state index contributed by atoms with van der Waals surface area (Å²) in [4.78, 5) is 4.52. The van der Waals surface area contributed by atoms with Gasteiger partial charge in [-0.3, -0.25) is 4.99 Å². The van der Waals surface area contributed by atoms with Crippen LogP contribution < -0.4 is 15.4 Å². The highest BCUT2D eigenvalue weighted by Gasteiger charge is 1.96. The van der Waals surface area contributed by atoms with Crippen molar-refractivity contribution < 1.29 is 4.74 Å². The molecule has 0 aliphatic heterocycles. The maximum absolute atomic E-state index is 5.63. The van der Waals surface area contributed by atoms with E-state index < -0.39 is 0 Å². The second kappa shape index (κ2) is 11.5. The Labute approximate surface area is 126 Å². The maximum atomic E-state index is 5.63. The predicted molar refractivity (Wildman–Crippen MR) is 88.9 cm³/mol. The molecule has 20 heavy (non-hydrogen) atoms. The summed E-state index contributed by atoms with van der Waals surface area (Å²) in [5, 5.41) is 6.55. The Bertz CT molecular complexity index is 371. The molecular weight excluding hydrogens is 270 g/mol. The molecule has 1 aromatic carbocycles. The normalized spacial score (nSPS) is 11.2. The van der Waals surface area contributed by atoms with E-state index in [0.29, 0.717) is 6.61 Å². The summed E-state index contributed by atoms with van der Waals surface area (Å²) in [6.07, 6.45) is 3.01. The lowest BCUT2D eigenvalue weighted by Crippen LogP contribution is -2.38. The van der Waals surface area contributed by atoms with Gasteiger partial charge in [0.05, 0.1) is 6.61 Å². The average molecular weight is 295 g/mol. The van der Waals surface area contributed by atoms with Crippen LogP contribution in [0.1, 0.15) is 13.3 Å². The summed E-state index contributed by atoms with van der Waals surface area (Å²) in [5.74, 6) is 2.89. The van der Waals surface area contributed by atoms with Crippen molar-refractivity contribution in [2.24, 2.45) is 4.99 Å². The third-order valence-electron chi connectivity index (χ3n) is 2.53. The van der Waals surface area contributed by atoms with Crippen molar-refractivity contribution in [3.05, 3.63) is 30.3 Å². The Kier molecular flexibility index (Phi) is 9.57. The minimum atomic E-state index is 0.692. The number of rotatable bonds is 9. The van der Waals surface area contributed by atoms with E-state index in [9.17, 15) is 0 Å². The van der Waals surface area contributed by atoms with Gasteiger partial charge >= 0.3 is 0 Å². The topological polar surface area (TPSA) is 45.7 Å². The van der Waals surface area contributed by atoms with Gasteiger partial charge in [0, 0.05) is 31.8 Å². The molecule has 0 spiro atoms. The Morgan fingerprint density at radius 1 is 1.25 bits per heavy atom. The Hall–Kier alpha value is -1.36. The molecule has 0 bridgehead atoms. The first-order valence-electron chi connectivity index (χ1n) is 7.05. The summed E-state index contributed by atoms with van der Waals surface area (Å²) in [6.45, 7) is 5.35. The van der Waals surface area contributed by atoms with Crippen molar-refractivity contribution in [3.8, 4) is 5.75 Å². The number of aliphatic imine (C=N–C) groups is 1. The summed E-state index contributed by atoms with van der Waals surface area (Å²) in [6, 6.07) is 9.88.